The van der Waals surface area contributed by atoms with Gasteiger partial charge in [-0.15, -0.1) is 0 Å². The fourth-order valence-corrected chi connectivity index (χ4v) is 1.77. The molecule has 0 bridgehead atoms. The van der Waals surface area contributed by atoms with E-state index in [1.807, 2.05) is 12.1 Å². The SMILES string of the molecule is CC1CC1c1ccc(/C=C/C(=O)NCCO)o1. The first-order valence-corrected chi connectivity index (χ1v) is 5.87. The molecule has 0 aliphatic heterocycles. The summed E-state index contributed by atoms with van der Waals surface area (Å²) >= 11 is 0. The van der Waals surface area contributed by atoms with Gasteiger partial charge in [-0.3, -0.25) is 4.79 Å². The van der Waals surface area contributed by atoms with Gasteiger partial charge in [0.2, 0.25) is 5.91 Å². The maximum Gasteiger partial charge on any atom is 0.244 e. The summed E-state index contributed by atoms with van der Waals surface area (Å²) < 4.78 is 5.62. The van der Waals surface area contributed by atoms with Crippen molar-refractivity contribution in [2.24, 2.45) is 5.92 Å². The molecule has 17 heavy (non-hydrogen) atoms. The summed E-state index contributed by atoms with van der Waals surface area (Å²) in [7, 11) is 0. The van der Waals surface area contributed by atoms with Crippen molar-refractivity contribution >= 4 is 12.0 Å². The number of nitrogens with one attached hydrogen (secondary N) is 1. The van der Waals surface area contributed by atoms with Gasteiger partial charge in [-0.1, -0.05) is 6.92 Å². The molecular formula is C13H17NO3. The van der Waals surface area contributed by atoms with Crippen LogP contribution in [0.15, 0.2) is 22.6 Å². The number of carbonyl (C=O) groups is 1. The number of hydrogen-bond acceptors (Lipinski definition) is 3. The Hall–Kier alpha value is -1.55. The third kappa shape index (κ3) is 3.20. The third-order valence-electron chi connectivity index (χ3n) is 2.93. The number of hydrogen-bond donors (Lipinski definition) is 2. The Labute approximate surface area is 100 Å². The van der Waals surface area contributed by atoms with Crippen LogP contribution in [0.25, 0.3) is 6.08 Å². The van der Waals surface area contributed by atoms with Crippen molar-refractivity contribution in [1.29, 1.82) is 0 Å². The highest BCUT2D eigenvalue weighted by molar-refractivity contribution is 5.91. The molecule has 4 heteroatoms. The molecule has 92 valence electrons. The van der Waals surface area contributed by atoms with Gasteiger partial charge in [0.1, 0.15) is 11.5 Å². The van der Waals surface area contributed by atoms with Gasteiger partial charge in [-0.05, 0) is 30.5 Å². The van der Waals surface area contributed by atoms with E-state index in [4.69, 9.17) is 9.52 Å². The van der Waals surface area contributed by atoms with Crippen LogP contribution in [-0.2, 0) is 4.79 Å². The molecule has 1 saturated carbocycles. The predicted molar refractivity (Wildman–Crippen MR) is 64.4 cm³/mol. The van der Waals surface area contributed by atoms with Gasteiger partial charge in [0.25, 0.3) is 0 Å². The highest BCUT2D eigenvalue weighted by Crippen LogP contribution is 2.47. The van der Waals surface area contributed by atoms with E-state index in [2.05, 4.69) is 12.2 Å². The molecule has 2 atom stereocenters. The van der Waals surface area contributed by atoms with Crippen LogP contribution < -0.4 is 5.32 Å². The Morgan fingerprint density at radius 2 is 2.41 bits per heavy atom. The van der Waals surface area contributed by atoms with Gasteiger partial charge in [0, 0.05) is 18.5 Å². The smallest absolute Gasteiger partial charge is 0.244 e. The number of furan rings is 1. The van der Waals surface area contributed by atoms with Crippen molar-refractivity contribution in [2.75, 3.05) is 13.2 Å². The maximum atomic E-state index is 11.2. The van der Waals surface area contributed by atoms with E-state index in [0.717, 1.165) is 5.76 Å². The zero-order valence-electron chi connectivity index (χ0n) is 9.85. The lowest BCUT2D eigenvalue weighted by Gasteiger charge is -1.96. The van der Waals surface area contributed by atoms with Crippen molar-refractivity contribution < 1.29 is 14.3 Å². The average Bonchev–Trinajstić information content (AvgIpc) is 2.88. The standard InChI is InChI=1S/C13H17NO3/c1-9-8-11(9)12-4-2-10(17-12)3-5-13(16)14-6-7-15/h2-5,9,11,15H,6-8H2,1H3,(H,14,16)/b5-3+. The molecule has 0 saturated heterocycles. The molecule has 0 spiro atoms. The molecule has 1 aromatic rings. The maximum absolute atomic E-state index is 11.2. The molecule has 1 fully saturated rings. The van der Waals surface area contributed by atoms with Crippen molar-refractivity contribution in [3.63, 3.8) is 0 Å². The van der Waals surface area contributed by atoms with Crippen molar-refractivity contribution in [1.82, 2.24) is 5.32 Å². The summed E-state index contributed by atoms with van der Waals surface area (Å²) in [6.07, 6.45) is 4.24. The first-order valence-electron chi connectivity index (χ1n) is 5.87. The first kappa shape index (κ1) is 11.9. The van der Waals surface area contributed by atoms with E-state index < -0.39 is 0 Å². The molecule has 2 rings (SSSR count). The highest BCUT2D eigenvalue weighted by Gasteiger charge is 2.36. The molecule has 2 N–H and O–H groups in total. The summed E-state index contributed by atoms with van der Waals surface area (Å²) in [5, 5.41) is 11.1. The van der Waals surface area contributed by atoms with Crippen LogP contribution in [0.2, 0.25) is 0 Å². The van der Waals surface area contributed by atoms with Gasteiger partial charge < -0.3 is 14.8 Å². The summed E-state index contributed by atoms with van der Waals surface area (Å²) in [6.45, 7) is 2.42. The molecule has 4 nitrogen and oxygen atoms in total. The monoisotopic (exact) mass is 235 g/mol. The van der Waals surface area contributed by atoms with Gasteiger partial charge in [-0.2, -0.15) is 0 Å². The number of amides is 1. The molecular weight excluding hydrogens is 218 g/mol. The Kier molecular flexibility index (Phi) is 3.64. The summed E-state index contributed by atoms with van der Waals surface area (Å²) in [5.74, 6) is 2.74. The van der Waals surface area contributed by atoms with E-state index in [0.29, 0.717) is 17.6 Å². The lowest BCUT2D eigenvalue weighted by Crippen LogP contribution is -2.24. The first-order chi connectivity index (χ1) is 8.20. The van der Waals surface area contributed by atoms with Crippen molar-refractivity contribution in [3.05, 3.63) is 29.7 Å². The second kappa shape index (κ2) is 5.19. The molecule has 1 heterocycles. The molecule has 1 aliphatic carbocycles. The second-order valence-corrected chi connectivity index (χ2v) is 4.41. The van der Waals surface area contributed by atoms with E-state index in [-0.39, 0.29) is 19.1 Å². The lowest BCUT2D eigenvalue weighted by molar-refractivity contribution is -0.116. The Bertz CT molecular complexity index is 422. The number of aliphatic hydroxyl groups is 1. The van der Waals surface area contributed by atoms with E-state index in [1.54, 1.807) is 6.08 Å². The van der Waals surface area contributed by atoms with Crippen molar-refractivity contribution in [3.8, 4) is 0 Å². The summed E-state index contributed by atoms with van der Waals surface area (Å²) in [5.41, 5.74) is 0. The van der Waals surface area contributed by atoms with Crippen LogP contribution in [0, 0.1) is 5.92 Å². The Balaban J connectivity index is 1.88. The number of carbonyl (C=O) groups excluding carboxylic acids is 1. The molecule has 1 amide bonds. The van der Waals surface area contributed by atoms with E-state index in [1.165, 1.54) is 12.5 Å². The van der Waals surface area contributed by atoms with Crippen LogP contribution in [0.3, 0.4) is 0 Å². The van der Waals surface area contributed by atoms with Crippen LogP contribution >= 0.6 is 0 Å². The normalized spacial score (nSPS) is 22.9. The minimum Gasteiger partial charge on any atom is -0.461 e. The Morgan fingerprint density at radius 3 is 3.06 bits per heavy atom. The zero-order valence-corrected chi connectivity index (χ0v) is 9.85. The molecule has 1 aliphatic rings. The predicted octanol–water partition coefficient (Wildman–Crippen LogP) is 1.52. The topological polar surface area (TPSA) is 62.5 Å². The van der Waals surface area contributed by atoms with Crippen LogP contribution in [-0.4, -0.2) is 24.2 Å². The van der Waals surface area contributed by atoms with E-state index in [9.17, 15) is 4.79 Å². The summed E-state index contributed by atoms with van der Waals surface area (Å²) in [6, 6.07) is 3.84. The highest BCUT2D eigenvalue weighted by atomic mass is 16.3. The van der Waals surface area contributed by atoms with Gasteiger partial charge in [0.05, 0.1) is 6.61 Å². The minimum atomic E-state index is -0.225. The number of rotatable bonds is 5. The van der Waals surface area contributed by atoms with E-state index >= 15 is 0 Å². The summed E-state index contributed by atoms with van der Waals surface area (Å²) in [4.78, 5) is 11.2. The Morgan fingerprint density at radius 1 is 1.65 bits per heavy atom. The molecule has 0 radical (unpaired) electrons. The van der Waals surface area contributed by atoms with Gasteiger partial charge in [-0.25, -0.2) is 0 Å². The minimum absolute atomic E-state index is 0.0515. The van der Waals surface area contributed by atoms with Crippen LogP contribution in [0.4, 0.5) is 0 Å². The molecule has 2 unspecified atom stereocenters. The van der Waals surface area contributed by atoms with Gasteiger partial charge in [0.15, 0.2) is 0 Å². The van der Waals surface area contributed by atoms with Gasteiger partial charge >= 0.3 is 0 Å². The zero-order chi connectivity index (χ0) is 12.3. The average molecular weight is 235 g/mol. The second-order valence-electron chi connectivity index (χ2n) is 4.41. The fourth-order valence-electron chi connectivity index (χ4n) is 1.77. The molecule has 1 aromatic heterocycles. The quantitative estimate of drug-likeness (QED) is 0.761. The lowest BCUT2D eigenvalue weighted by atomic mass is 10.3. The van der Waals surface area contributed by atoms with Crippen molar-refractivity contribution in [2.45, 2.75) is 19.3 Å². The third-order valence-corrected chi connectivity index (χ3v) is 2.93. The largest absolute Gasteiger partial charge is 0.461 e. The fraction of sp³-hybridized carbons (Fsp3) is 0.462. The van der Waals surface area contributed by atoms with Crippen LogP contribution in [0.1, 0.15) is 30.8 Å². The number of aliphatic hydroxyl groups excluding tert-OH is 1. The molecule has 0 aromatic carbocycles. The van der Waals surface area contributed by atoms with Crippen LogP contribution in [0.5, 0.6) is 0 Å².